The van der Waals surface area contributed by atoms with Crippen LogP contribution in [0.1, 0.15) is 45.6 Å². The van der Waals surface area contributed by atoms with Crippen LogP contribution in [0.5, 0.6) is 0 Å². The highest BCUT2D eigenvalue weighted by molar-refractivity contribution is 6.31. The Morgan fingerprint density at radius 2 is 2.05 bits per heavy atom. The molecular weight excluding hydrogens is 261 g/mol. The van der Waals surface area contributed by atoms with Crippen molar-refractivity contribution in [3.8, 4) is 0 Å². The molecule has 0 saturated carbocycles. The summed E-state index contributed by atoms with van der Waals surface area (Å²) in [4.78, 5) is 0. The molecule has 1 N–H and O–H groups in total. The highest BCUT2D eigenvalue weighted by atomic mass is 35.5. The second kappa shape index (κ2) is 8.55. The van der Waals surface area contributed by atoms with E-state index in [9.17, 15) is 4.39 Å². The Bertz CT molecular complexity index is 379. The van der Waals surface area contributed by atoms with Gasteiger partial charge in [0.2, 0.25) is 0 Å². The number of hydrogen-bond acceptors (Lipinski definition) is 1. The lowest BCUT2D eigenvalue weighted by atomic mass is 9.97. The molecule has 1 nitrogen and oxygen atoms in total. The third kappa shape index (κ3) is 6.40. The Balaban J connectivity index is 2.56. The van der Waals surface area contributed by atoms with Gasteiger partial charge >= 0.3 is 0 Å². The molecule has 1 aromatic carbocycles. The third-order valence-corrected chi connectivity index (χ3v) is 3.58. The van der Waals surface area contributed by atoms with E-state index >= 15 is 0 Å². The van der Waals surface area contributed by atoms with Crippen LogP contribution < -0.4 is 5.32 Å². The molecule has 0 saturated heterocycles. The summed E-state index contributed by atoms with van der Waals surface area (Å²) in [6.07, 6.45) is 4.11. The second-order valence-electron chi connectivity index (χ2n) is 5.56. The van der Waals surface area contributed by atoms with Crippen molar-refractivity contribution in [2.24, 2.45) is 5.92 Å². The van der Waals surface area contributed by atoms with E-state index in [0.29, 0.717) is 17.0 Å². The minimum Gasteiger partial charge on any atom is -0.314 e. The summed E-state index contributed by atoms with van der Waals surface area (Å²) >= 11 is 6.10. The molecule has 0 amide bonds. The first-order valence-corrected chi connectivity index (χ1v) is 7.58. The summed E-state index contributed by atoms with van der Waals surface area (Å²) < 4.78 is 13.2. The number of hydrogen-bond donors (Lipinski definition) is 1. The van der Waals surface area contributed by atoms with Crippen molar-refractivity contribution in [2.75, 3.05) is 6.54 Å². The van der Waals surface area contributed by atoms with Crippen LogP contribution in [0.4, 0.5) is 4.39 Å². The van der Waals surface area contributed by atoms with Crippen molar-refractivity contribution < 1.29 is 4.39 Å². The van der Waals surface area contributed by atoms with Crippen molar-refractivity contribution >= 4 is 11.6 Å². The molecule has 3 heteroatoms. The average Bonchev–Trinajstić information content (AvgIpc) is 2.36. The molecule has 0 fully saturated rings. The van der Waals surface area contributed by atoms with E-state index in [2.05, 4.69) is 26.1 Å². The van der Waals surface area contributed by atoms with Gasteiger partial charge in [-0.15, -0.1) is 0 Å². The van der Waals surface area contributed by atoms with Crippen molar-refractivity contribution in [1.82, 2.24) is 5.32 Å². The molecule has 1 atom stereocenters. The highest BCUT2D eigenvalue weighted by Crippen LogP contribution is 2.20. The SMILES string of the molecule is CCCNC(CCc1cc(F)ccc1Cl)CC(C)C. The quantitative estimate of drug-likeness (QED) is 0.722. The third-order valence-electron chi connectivity index (χ3n) is 3.21. The zero-order valence-electron chi connectivity index (χ0n) is 12.2. The van der Waals surface area contributed by atoms with Crippen LogP contribution in [0.15, 0.2) is 18.2 Å². The summed E-state index contributed by atoms with van der Waals surface area (Å²) in [6, 6.07) is 5.09. The number of rotatable bonds is 8. The van der Waals surface area contributed by atoms with Crippen molar-refractivity contribution in [1.29, 1.82) is 0 Å². The van der Waals surface area contributed by atoms with Gasteiger partial charge in [0.15, 0.2) is 0 Å². The predicted molar refractivity (Wildman–Crippen MR) is 81.3 cm³/mol. The lowest BCUT2D eigenvalue weighted by Crippen LogP contribution is -2.31. The molecule has 0 aromatic heterocycles. The minimum atomic E-state index is -0.207. The van der Waals surface area contributed by atoms with Gasteiger partial charge in [0.1, 0.15) is 5.82 Å². The molecule has 1 rings (SSSR count). The topological polar surface area (TPSA) is 12.0 Å². The van der Waals surface area contributed by atoms with Gasteiger partial charge in [-0.05, 0) is 61.9 Å². The number of aryl methyl sites for hydroxylation is 1. The summed E-state index contributed by atoms with van der Waals surface area (Å²) in [5.74, 6) is 0.457. The van der Waals surface area contributed by atoms with E-state index in [0.717, 1.165) is 37.8 Å². The molecular formula is C16H25ClFN. The van der Waals surface area contributed by atoms with E-state index in [1.807, 2.05) is 0 Å². The molecule has 1 aromatic rings. The van der Waals surface area contributed by atoms with Crippen LogP contribution in [0.3, 0.4) is 0 Å². The minimum absolute atomic E-state index is 0.207. The first-order valence-electron chi connectivity index (χ1n) is 7.20. The fourth-order valence-electron chi connectivity index (χ4n) is 2.29. The monoisotopic (exact) mass is 285 g/mol. The molecule has 0 radical (unpaired) electrons. The van der Waals surface area contributed by atoms with Crippen molar-refractivity contribution in [3.05, 3.63) is 34.6 Å². The summed E-state index contributed by atoms with van der Waals surface area (Å²) in [5, 5.41) is 4.24. The highest BCUT2D eigenvalue weighted by Gasteiger charge is 2.11. The Labute approximate surface area is 121 Å². The van der Waals surface area contributed by atoms with Crippen LogP contribution in [-0.4, -0.2) is 12.6 Å². The Kier molecular flexibility index (Phi) is 7.40. The fraction of sp³-hybridized carbons (Fsp3) is 0.625. The van der Waals surface area contributed by atoms with Gasteiger partial charge in [-0.1, -0.05) is 32.4 Å². The summed E-state index contributed by atoms with van der Waals surface area (Å²) in [6.45, 7) is 7.67. The first-order chi connectivity index (χ1) is 9.02. The van der Waals surface area contributed by atoms with Crippen LogP contribution >= 0.6 is 11.6 Å². The first kappa shape index (κ1) is 16.5. The van der Waals surface area contributed by atoms with Gasteiger partial charge < -0.3 is 5.32 Å². The second-order valence-corrected chi connectivity index (χ2v) is 5.96. The molecule has 0 spiro atoms. The maximum atomic E-state index is 13.2. The van der Waals surface area contributed by atoms with Crippen LogP contribution in [0, 0.1) is 11.7 Å². The van der Waals surface area contributed by atoms with Crippen LogP contribution in [-0.2, 0) is 6.42 Å². The zero-order valence-corrected chi connectivity index (χ0v) is 12.9. The zero-order chi connectivity index (χ0) is 14.3. The maximum absolute atomic E-state index is 13.2. The Morgan fingerprint density at radius 3 is 2.68 bits per heavy atom. The maximum Gasteiger partial charge on any atom is 0.123 e. The smallest absolute Gasteiger partial charge is 0.123 e. The van der Waals surface area contributed by atoms with E-state index in [1.165, 1.54) is 6.07 Å². The summed E-state index contributed by atoms with van der Waals surface area (Å²) in [5.41, 5.74) is 0.911. The lowest BCUT2D eigenvalue weighted by molar-refractivity contribution is 0.398. The predicted octanol–water partition coefficient (Wildman–Crippen LogP) is 4.83. The molecule has 0 heterocycles. The molecule has 0 aliphatic heterocycles. The largest absolute Gasteiger partial charge is 0.314 e. The number of benzene rings is 1. The van der Waals surface area contributed by atoms with Crippen molar-refractivity contribution in [2.45, 2.75) is 52.5 Å². The number of nitrogens with one attached hydrogen (secondary N) is 1. The van der Waals surface area contributed by atoms with E-state index < -0.39 is 0 Å². The normalized spacial score (nSPS) is 12.9. The van der Waals surface area contributed by atoms with E-state index in [-0.39, 0.29) is 5.82 Å². The fourth-order valence-corrected chi connectivity index (χ4v) is 2.50. The number of halogens is 2. The Morgan fingerprint density at radius 1 is 1.32 bits per heavy atom. The van der Waals surface area contributed by atoms with Gasteiger partial charge in [-0.2, -0.15) is 0 Å². The molecule has 1 unspecified atom stereocenters. The van der Waals surface area contributed by atoms with Gasteiger partial charge in [0.05, 0.1) is 0 Å². The summed E-state index contributed by atoms with van der Waals surface area (Å²) in [7, 11) is 0. The van der Waals surface area contributed by atoms with Crippen LogP contribution in [0.2, 0.25) is 5.02 Å². The van der Waals surface area contributed by atoms with Crippen molar-refractivity contribution in [3.63, 3.8) is 0 Å². The lowest BCUT2D eigenvalue weighted by Gasteiger charge is -2.20. The van der Waals surface area contributed by atoms with Gasteiger partial charge in [-0.25, -0.2) is 4.39 Å². The van der Waals surface area contributed by atoms with E-state index in [4.69, 9.17) is 11.6 Å². The van der Waals surface area contributed by atoms with Gasteiger partial charge in [0.25, 0.3) is 0 Å². The standard InChI is InChI=1S/C16H25ClFN/c1-4-9-19-15(10-12(2)3)7-5-13-11-14(18)6-8-16(13)17/h6,8,11-12,15,19H,4-5,7,9-10H2,1-3H3. The Hall–Kier alpha value is -0.600. The van der Waals surface area contributed by atoms with Crippen LogP contribution in [0.25, 0.3) is 0 Å². The van der Waals surface area contributed by atoms with Gasteiger partial charge in [-0.3, -0.25) is 0 Å². The van der Waals surface area contributed by atoms with Gasteiger partial charge in [0, 0.05) is 11.1 Å². The molecule has 0 aliphatic rings. The average molecular weight is 286 g/mol. The molecule has 19 heavy (non-hydrogen) atoms. The molecule has 108 valence electrons. The van der Waals surface area contributed by atoms with E-state index in [1.54, 1.807) is 12.1 Å². The molecule has 0 bridgehead atoms. The molecule has 0 aliphatic carbocycles.